The number of nitrogens with two attached hydrogens (primary N) is 1. The van der Waals surface area contributed by atoms with Gasteiger partial charge in [0, 0.05) is 17.3 Å². The minimum absolute atomic E-state index is 0.299. The maximum atomic E-state index is 11.2. The van der Waals surface area contributed by atoms with Gasteiger partial charge in [-0.05, 0) is 24.3 Å². The van der Waals surface area contributed by atoms with Crippen molar-refractivity contribution in [1.29, 1.82) is 0 Å². The summed E-state index contributed by atoms with van der Waals surface area (Å²) in [7, 11) is 0. The van der Waals surface area contributed by atoms with Crippen LogP contribution in [-0.4, -0.2) is 10.9 Å². The van der Waals surface area contributed by atoms with Gasteiger partial charge in [-0.15, -0.1) is 0 Å². The van der Waals surface area contributed by atoms with Crippen LogP contribution in [0.1, 0.15) is 10.4 Å². The maximum Gasteiger partial charge on any atom is 0.265 e. The van der Waals surface area contributed by atoms with Crippen molar-refractivity contribution in [3.05, 3.63) is 54.2 Å². The fraction of sp³-hybridized carbons (Fsp3) is 0. The smallest absolute Gasteiger partial charge is 0.265 e. The van der Waals surface area contributed by atoms with E-state index in [9.17, 15) is 4.79 Å². The molecule has 1 heterocycles. The zero-order valence-electron chi connectivity index (χ0n) is 8.55. The average Bonchev–Trinajstić information content (AvgIpc) is 2.39. The van der Waals surface area contributed by atoms with E-state index < -0.39 is 0 Å². The summed E-state index contributed by atoms with van der Waals surface area (Å²) in [5, 5.41) is 0. The Kier molecular flexibility index (Phi) is 2.93. The summed E-state index contributed by atoms with van der Waals surface area (Å²) in [6.45, 7) is 0. The molecule has 0 saturated heterocycles. The number of nitrogens with zero attached hydrogens (tertiary/aromatic N) is 1. The van der Waals surface area contributed by atoms with E-state index in [1.807, 2.05) is 30.3 Å². The molecule has 4 nitrogen and oxygen atoms in total. The SMILES string of the molecule is NNC(=O)c1ccc(-c2ccccn2)cc1. The Morgan fingerprint density at radius 2 is 1.88 bits per heavy atom. The van der Waals surface area contributed by atoms with Crippen LogP contribution in [0.4, 0.5) is 0 Å². The topological polar surface area (TPSA) is 68.0 Å². The average molecular weight is 213 g/mol. The molecule has 1 aromatic heterocycles. The van der Waals surface area contributed by atoms with E-state index in [2.05, 4.69) is 10.4 Å². The molecule has 80 valence electrons. The van der Waals surface area contributed by atoms with Gasteiger partial charge in [-0.25, -0.2) is 5.84 Å². The van der Waals surface area contributed by atoms with Crippen LogP contribution in [0.15, 0.2) is 48.7 Å². The fourth-order valence-electron chi connectivity index (χ4n) is 1.41. The van der Waals surface area contributed by atoms with Gasteiger partial charge in [-0.2, -0.15) is 0 Å². The van der Waals surface area contributed by atoms with Gasteiger partial charge < -0.3 is 0 Å². The lowest BCUT2D eigenvalue weighted by Gasteiger charge is -2.02. The first-order valence-corrected chi connectivity index (χ1v) is 4.83. The second-order valence-electron chi connectivity index (χ2n) is 3.27. The molecule has 2 aromatic rings. The molecule has 0 spiro atoms. The number of nitrogens with one attached hydrogen (secondary N) is 1. The van der Waals surface area contributed by atoms with Gasteiger partial charge in [0.15, 0.2) is 0 Å². The Hall–Kier alpha value is -2.20. The van der Waals surface area contributed by atoms with Crippen molar-refractivity contribution in [2.24, 2.45) is 5.84 Å². The molecule has 0 unspecified atom stereocenters. The van der Waals surface area contributed by atoms with E-state index in [4.69, 9.17) is 5.84 Å². The van der Waals surface area contributed by atoms with Gasteiger partial charge in [0.2, 0.25) is 0 Å². The molecule has 16 heavy (non-hydrogen) atoms. The first kappa shape index (κ1) is 10.3. The van der Waals surface area contributed by atoms with Gasteiger partial charge in [-0.1, -0.05) is 18.2 Å². The molecule has 0 saturated carbocycles. The number of hydrogen-bond acceptors (Lipinski definition) is 3. The van der Waals surface area contributed by atoms with Crippen LogP contribution in [0.5, 0.6) is 0 Å². The highest BCUT2D eigenvalue weighted by molar-refractivity contribution is 5.94. The fourth-order valence-corrected chi connectivity index (χ4v) is 1.41. The Labute approximate surface area is 93.1 Å². The van der Waals surface area contributed by atoms with Crippen molar-refractivity contribution in [3.8, 4) is 11.3 Å². The van der Waals surface area contributed by atoms with Gasteiger partial charge in [0.25, 0.3) is 5.91 Å². The van der Waals surface area contributed by atoms with Gasteiger partial charge in [-0.3, -0.25) is 15.2 Å². The molecule has 0 atom stereocenters. The third kappa shape index (κ3) is 2.07. The van der Waals surface area contributed by atoms with Crippen molar-refractivity contribution < 1.29 is 4.79 Å². The van der Waals surface area contributed by atoms with E-state index in [-0.39, 0.29) is 5.91 Å². The molecule has 0 fully saturated rings. The van der Waals surface area contributed by atoms with E-state index in [1.165, 1.54) is 0 Å². The zero-order chi connectivity index (χ0) is 11.4. The number of benzene rings is 1. The third-order valence-electron chi connectivity index (χ3n) is 2.24. The summed E-state index contributed by atoms with van der Waals surface area (Å²) in [5.41, 5.74) is 4.46. The first-order chi connectivity index (χ1) is 7.81. The van der Waals surface area contributed by atoms with Gasteiger partial charge in [0.1, 0.15) is 0 Å². The third-order valence-corrected chi connectivity index (χ3v) is 2.24. The second kappa shape index (κ2) is 4.55. The van der Waals surface area contributed by atoms with E-state index in [0.29, 0.717) is 5.56 Å². The maximum absolute atomic E-state index is 11.2. The largest absolute Gasteiger partial charge is 0.290 e. The standard InChI is InChI=1S/C12H11N3O/c13-15-12(16)10-6-4-9(5-7-10)11-3-1-2-8-14-11/h1-8H,13H2,(H,15,16). The molecule has 0 aliphatic rings. The van der Waals surface area contributed by atoms with Gasteiger partial charge >= 0.3 is 0 Å². The molecule has 0 aliphatic carbocycles. The normalized spacial score (nSPS) is 9.81. The molecule has 2 rings (SSSR count). The molecule has 3 N–H and O–H groups in total. The monoisotopic (exact) mass is 213 g/mol. The van der Waals surface area contributed by atoms with E-state index >= 15 is 0 Å². The number of aromatic nitrogens is 1. The van der Waals surface area contributed by atoms with E-state index in [1.54, 1.807) is 18.3 Å². The number of hydrogen-bond donors (Lipinski definition) is 2. The molecule has 4 heteroatoms. The second-order valence-corrected chi connectivity index (χ2v) is 3.27. The lowest BCUT2D eigenvalue weighted by Crippen LogP contribution is -2.29. The highest BCUT2D eigenvalue weighted by atomic mass is 16.2. The number of hydrazine groups is 1. The lowest BCUT2D eigenvalue weighted by atomic mass is 10.1. The molecular formula is C12H11N3O. The predicted octanol–water partition coefficient (Wildman–Crippen LogP) is 1.35. The zero-order valence-corrected chi connectivity index (χ0v) is 8.55. The van der Waals surface area contributed by atoms with Crippen LogP contribution in [0.25, 0.3) is 11.3 Å². The summed E-state index contributed by atoms with van der Waals surface area (Å²) < 4.78 is 0. The molecular weight excluding hydrogens is 202 g/mol. The van der Waals surface area contributed by atoms with Crippen LogP contribution in [0, 0.1) is 0 Å². The van der Waals surface area contributed by atoms with Crippen LogP contribution in [0.3, 0.4) is 0 Å². The summed E-state index contributed by atoms with van der Waals surface area (Å²) in [5.74, 6) is 4.74. The van der Waals surface area contributed by atoms with Crippen LogP contribution >= 0.6 is 0 Å². The van der Waals surface area contributed by atoms with Crippen molar-refractivity contribution in [1.82, 2.24) is 10.4 Å². The minimum atomic E-state index is -0.299. The van der Waals surface area contributed by atoms with Crippen LogP contribution < -0.4 is 11.3 Å². The Balaban J connectivity index is 2.30. The number of rotatable bonds is 2. The van der Waals surface area contributed by atoms with Gasteiger partial charge in [0.05, 0.1) is 5.69 Å². The Morgan fingerprint density at radius 3 is 2.44 bits per heavy atom. The molecule has 0 aliphatic heterocycles. The Morgan fingerprint density at radius 1 is 1.12 bits per heavy atom. The summed E-state index contributed by atoms with van der Waals surface area (Å²) >= 11 is 0. The quantitative estimate of drug-likeness (QED) is 0.449. The number of pyridine rings is 1. The summed E-state index contributed by atoms with van der Waals surface area (Å²) in [6, 6.07) is 12.8. The first-order valence-electron chi connectivity index (χ1n) is 4.83. The number of carbonyl (C=O) groups is 1. The van der Waals surface area contributed by atoms with Crippen molar-refractivity contribution in [2.75, 3.05) is 0 Å². The predicted molar refractivity (Wildman–Crippen MR) is 61.3 cm³/mol. The van der Waals surface area contributed by atoms with E-state index in [0.717, 1.165) is 11.3 Å². The molecule has 1 amide bonds. The van der Waals surface area contributed by atoms with Crippen LogP contribution in [0.2, 0.25) is 0 Å². The minimum Gasteiger partial charge on any atom is -0.290 e. The summed E-state index contributed by atoms with van der Waals surface area (Å²) in [6.07, 6.45) is 1.73. The highest BCUT2D eigenvalue weighted by Crippen LogP contribution is 2.16. The van der Waals surface area contributed by atoms with Crippen molar-refractivity contribution in [3.63, 3.8) is 0 Å². The van der Waals surface area contributed by atoms with Crippen molar-refractivity contribution in [2.45, 2.75) is 0 Å². The molecule has 0 bridgehead atoms. The number of amides is 1. The Bertz CT molecular complexity index is 479. The summed E-state index contributed by atoms with van der Waals surface area (Å²) in [4.78, 5) is 15.4. The number of nitrogen functional groups attached to an aromatic ring is 1. The van der Waals surface area contributed by atoms with Crippen LogP contribution in [-0.2, 0) is 0 Å². The molecule has 1 aromatic carbocycles. The molecule has 0 radical (unpaired) electrons. The lowest BCUT2D eigenvalue weighted by molar-refractivity contribution is 0.0953. The number of carbonyl (C=O) groups excluding carboxylic acids is 1. The van der Waals surface area contributed by atoms with Crippen molar-refractivity contribution >= 4 is 5.91 Å². The highest BCUT2D eigenvalue weighted by Gasteiger charge is 2.03.